The van der Waals surface area contributed by atoms with Gasteiger partial charge in [-0.2, -0.15) is 0 Å². The van der Waals surface area contributed by atoms with Crippen LogP contribution in [0, 0.1) is 5.92 Å². The Bertz CT molecular complexity index is 604. The average molecular weight is 312 g/mol. The van der Waals surface area contributed by atoms with Crippen LogP contribution in [0.2, 0.25) is 0 Å². The minimum absolute atomic E-state index is 0.608. The van der Waals surface area contributed by atoms with Crippen LogP contribution in [-0.2, 0) is 0 Å². The lowest BCUT2D eigenvalue weighted by Gasteiger charge is -2.08. The zero-order valence-electron chi connectivity index (χ0n) is 14.2. The standard InChI is InChI=1S/C12H11NO.C8H17N/c1-2-12(14)10-7-8-13-11-6-4-3-5-9(10)11;1-4-6-9-7-8(3)5-2/h2-8,12,14H,1H2;5,8-9H,2,4,6-7H2,1,3H3. The van der Waals surface area contributed by atoms with Gasteiger partial charge in [0.1, 0.15) is 0 Å². The predicted molar refractivity (Wildman–Crippen MR) is 99.4 cm³/mol. The number of hydrogen-bond donors (Lipinski definition) is 2. The molecule has 1 aromatic carbocycles. The summed E-state index contributed by atoms with van der Waals surface area (Å²) in [5, 5.41) is 14.0. The molecule has 3 heteroatoms. The Kier molecular flexibility index (Phi) is 8.88. The fourth-order valence-corrected chi connectivity index (χ4v) is 2.09. The van der Waals surface area contributed by atoms with Gasteiger partial charge in [0, 0.05) is 18.1 Å². The Hall–Kier alpha value is -1.97. The summed E-state index contributed by atoms with van der Waals surface area (Å²) in [6, 6.07) is 9.55. The van der Waals surface area contributed by atoms with Crippen molar-refractivity contribution in [1.82, 2.24) is 10.3 Å². The van der Waals surface area contributed by atoms with Crippen LogP contribution >= 0.6 is 0 Å². The molecule has 0 saturated heterocycles. The largest absolute Gasteiger partial charge is 0.384 e. The van der Waals surface area contributed by atoms with Gasteiger partial charge in [-0.15, -0.1) is 13.2 Å². The molecular formula is C20H28N2O. The number of aliphatic hydroxyl groups is 1. The molecule has 0 spiro atoms. The first kappa shape index (κ1) is 19.1. The zero-order chi connectivity index (χ0) is 17.1. The summed E-state index contributed by atoms with van der Waals surface area (Å²) in [6.07, 6.45) is 5.78. The van der Waals surface area contributed by atoms with E-state index in [2.05, 4.69) is 37.3 Å². The summed E-state index contributed by atoms with van der Waals surface area (Å²) < 4.78 is 0. The minimum Gasteiger partial charge on any atom is -0.384 e. The molecule has 0 aliphatic rings. The molecule has 0 fully saturated rings. The third kappa shape index (κ3) is 6.35. The molecule has 2 atom stereocenters. The minimum atomic E-state index is -0.622. The Morgan fingerprint density at radius 2 is 1.96 bits per heavy atom. The van der Waals surface area contributed by atoms with Crippen molar-refractivity contribution in [2.75, 3.05) is 13.1 Å². The van der Waals surface area contributed by atoms with Crippen molar-refractivity contribution in [3.63, 3.8) is 0 Å². The van der Waals surface area contributed by atoms with Crippen molar-refractivity contribution in [2.45, 2.75) is 26.4 Å². The van der Waals surface area contributed by atoms with E-state index in [4.69, 9.17) is 0 Å². The van der Waals surface area contributed by atoms with Gasteiger partial charge >= 0.3 is 0 Å². The van der Waals surface area contributed by atoms with Crippen molar-refractivity contribution < 1.29 is 5.11 Å². The number of pyridine rings is 1. The molecule has 3 nitrogen and oxygen atoms in total. The lowest BCUT2D eigenvalue weighted by Crippen LogP contribution is -2.20. The molecular weight excluding hydrogens is 284 g/mol. The van der Waals surface area contributed by atoms with E-state index in [0.29, 0.717) is 5.92 Å². The summed E-state index contributed by atoms with van der Waals surface area (Å²) in [5.74, 6) is 0.608. The SMILES string of the molecule is C=CC(C)CNCCC.C=CC(O)c1ccnc2ccccc12. The highest BCUT2D eigenvalue weighted by Gasteiger charge is 2.06. The Morgan fingerprint density at radius 1 is 1.22 bits per heavy atom. The average Bonchev–Trinajstić information content (AvgIpc) is 2.61. The molecule has 0 saturated carbocycles. The van der Waals surface area contributed by atoms with Gasteiger partial charge in [-0.1, -0.05) is 44.2 Å². The summed E-state index contributed by atoms with van der Waals surface area (Å²) in [4.78, 5) is 4.21. The van der Waals surface area contributed by atoms with Gasteiger partial charge < -0.3 is 10.4 Å². The summed E-state index contributed by atoms with van der Waals surface area (Å²) >= 11 is 0. The fraction of sp³-hybridized carbons (Fsp3) is 0.350. The van der Waals surface area contributed by atoms with Crippen molar-refractivity contribution in [3.8, 4) is 0 Å². The van der Waals surface area contributed by atoms with Crippen LogP contribution in [0.4, 0.5) is 0 Å². The molecule has 0 aliphatic carbocycles. The van der Waals surface area contributed by atoms with Crippen LogP contribution in [0.15, 0.2) is 61.8 Å². The third-order valence-electron chi connectivity index (χ3n) is 3.52. The second-order valence-electron chi connectivity index (χ2n) is 5.51. The van der Waals surface area contributed by atoms with Crippen molar-refractivity contribution in [2.24, 2.45) is 5.92 Å². The number of nitrogens with one attached hydrogen (secondary N) is 1. The monoisotopic (exact) mass is 312 g/mol. The third-order valence-corrected chi connectivity index (χ3v) is 3.52. The van der Waals surface area contributed by atoms with Crippen LogP contribution in [0.1, 0.15) is 31.9 Å². The molecule has 0 amide bonds. The lowest BCUT2D eigenvalue weighted by atomic mass is 10.0. The second-order valence-corrected chi connectivity index (χ2v) is 5.51. The van der Waals surface area contributed by atoms with Crippen LogP contribution in [0.3, 0.4) is 0 Å². The Balaban J connectivity index is 0.000000257. The van der Waals surface area contributed by atoms with E-state index < -0.39 is 6.10 Å². The smallest absolute Gasteiger partial charge is 0.0976 e. The second kappa shape index (κ2) is 10.7. The maximum absolute atomic E-state index is 9.68. The first-order chi connectivity index (χ1) is 11.1. The van der Waals surface area contributed by atoms with E-state index in [1.807, 2.05) is 36.4 Å². The van der Waals surface area contributed by atoms with E-state index in [0.717, 1.165) is 29.6 Å². The number of rotatable bonds is 7. The number of benzene rings is 1. The maximum Gasteiger partial charge on any atom is 0.0976 e. The van der Waals surface area contributed by atoms with Crippen LogP contribution in [-0.4, -0.2) is 23.2 Å². The molecule has 0 aliphatic heterocycles. The van der Waals surface area contributed by atoms with Gasteiger partial charge in [0.2, 0.25) is 0 Å². The summed E-state index contributed by atoms with van der Waals surface area (Å²) in [7, 11) is 0. The van der Waals surface area contributed by atoms with Crippen LogP contribution in [0.25, 0.3) is 10.9 Å². The first-order valence-electron chi connectivity index (χ1n) is 8.11. The normalized spacial score (nSPS) is 12.8. The van der Waals surface area contributed by atoms with E-state index in [1.165, 1.54) is 12.5 Å². The number of nitrogens with zero attached hydrogens (tertiary/aromatic N) is 1. The van der Waals surface area contributed by atoms with Gasteiger partial charge in [-0.05, 0) is 36.6 Å². The van der Waals surface area contributed by atoms with E-state index in [1.54, 1.807) is 6.20 Å². The van der Waals surface area contributed by atoms with Gasteiger partial charge in [0.05, 0.1) is 11.6 Å². The lowest BCUT2D eigenvalue weighted by molar-refractivity contribution is 0.230. The van der Waals surface area contributed by atoms with Crippen LogP contribution < -0.4 is 5.32 Å². The predicted octanol–water partition coefficient (Wildman–Crippen LogP) is 4.26. The van der Waals surface area contributed by atoms with Crippen molar-refractivity contribution in [1.29, 1.82) is 0 Å². The van der Waals surface area contributed by atoms with E-state index in [9.17, 15) is 5.11 Å². The molecule has 23 heavy (non-hydrogen) atoms. The fourth-order valence-electron chi connectivity index (χ4n) is 2.09. The topological polar surface area (TPSA) is 45.1 Å². The van der Waals surface area contributed by atoms with E-state index in [-0.39, 0.29) is 0 Å². The summed E-state index contributed by atoms with van der Waals surface area (Å²) in [5.41, 5.74) is 1.75. The van der Waals surface area contributed by atoms with Gasteiger partial charge in [-0.25, -0.2) is 0 Å². The number of aliphatic hydroxyl groups excluding tert-OH is 1. The van der Waals surface area contributed by atoms with E-state index >= 15 is 0 Å². The molecule has 1 heterocycles. The van der Waals surface area contributed by atoms with Gasteiger partial charge in [0.15, 0.2) is 0 Å². The molecule has 124 valence electrons. The highest BCUT2D eigenvalue weighted by atomic mass is 16.3. The highest BCUT2D eigenvalue weighted by molar-refractivity contribution is 5.82. The highest BCUT2D eigenvalue weighted by Crippen LogP contribution is 2.22. The molecule has 2 unspecified atom stereocenters. The first-order valence-corrected chi connectivity index (χ1v) is 8.11. The molecule has 2 aromatic rings. The Labute approximate surface area is 139 Å². The summed E-state index contributed by atoms with van der Waals surface area (Å²) in [6.45, 7) is 13.8. The molecule has 1 aromatic heterocycles. The molecule has 2 rings (SSSR count). The van der Waals surface area contributed by atoms with Crippen molar-refractivity contribution >= 4 is 10.9 Å². The number of para-hydroxylation sites is 1. The molecule has 0 radical (unpaired) electrons. The maximum atomic E-state index is 9.68. The molecule has 0 bridgehead atoms. The quantitative estimate of drug-likeness (QED) is 0.593. The molecule has 2 N–H and O–H groups in total. The number of hydrogen-bond acceptors (Lipinski definition) is 3. The van der Waals surface area contributed by atoms with Gasteiger partial charge in [0.25, 0.3) is 0 Å². The van der Waals surface area contributed by atoms with Crippen molar-refractivity contribution in [3.05, 3.63) is 67.4 Å². The zero-order valence-corrected chi connectivity index (χ0v) is 14.2. The number of aromatic nitrogens is 1. The van der Waals surface area contributed by atoms with Crippen LogP contribution in [0.5, 0.6) is 0 Å². The Morgan fingerprint density at radius 3 is 2.61 bits per heavy atom. The van der Waals surface area contributed by atoms with Gasteiger partial charge in [-0.3, -0.25) is 4.98 Å². The number of fused-ring (bicyclic) bond motifs is 1.